The van der Waals surface area contributed by atoms with Crippen molar-refractivity contribution in [1.29, 1.82) is 0 Å². The maximum Gasteiger partial charge on any atom is 0.0491 e. The van der Waals surface area contributed by atoms with Gasteiger partial charge in [-0.15, -0.1) is 0 Å². The topological polar surface area (TPSA) is 0 Å². The molecule has 0 aliphatic heterocycles. The number of aryl methyl sites for hydroxylation is 8. The molecule has 0 radical (unpaired) electrons. The maximum atomic E-state index is 3.91. The van der Waals surface area contributed by atoms with Crippen molar-refractivity contribution in [1.82, 2.24) is 0 Å². The lowest BCUT2D eigenvalue weighted by Crippen LogP contribution is -2.12. The summed E-state index contributed by atoms with van der Waals surface area (Å²) in [4.78, 5) is 0. The van der Waals surface area contributed by atoms with Crippen LogP contribution in [-0.4, -0.2) is 0 Å². The number of benzene rings is 6. The molecule has 7 rings (SSSR count). The summed E-state index contributed by atoms with van der Waals surface area (Å²) in [6.07, 6.45) is 0. The molecule has 0 fully saturated rings. The van der Waals surface area contributed by atoms with Gasteiger partial charge in [-0.3, -0.25) is 0 Å². The Hall–Kier alpha value is -5.82. The van der Waals surface area contributed by atoms with Crippen LogP contribution in [0, 0.1) is 55.4 Å². The van der Waals surface area contributed by atoms with Crippen molar-refractivity contribution in [2.24, 2.45) is 0 Å². The van der Waals surface area contributed by atoms with E-state index in [0.29, 0.717) is 0 Å². The third-order valence-electron chi connectivity index (χ3n) is 12.1. The Labute approximate surface area is 348 Å². The summed E-state index contributed by atoms with van der Waals surface area (Å²) in [5.74, 6) is 0. The molecule has 0 saturated heterocycles. The quantitative estimate of drug-likeness (QED) is 0.157. The van der Waals surface area contributed by atoms with Gasteiger partial charge >= 0.3 is 0 Å². The molecule has 0 amide bonds. The number of hydrogen-bond donors (Lipinski definition) is 0. The van der Waals surface area contributed by atoms with Gasteiger partial charge in [-0.2, -0.15) is 0 Å². The van der Waals surface area contributed by atoms with E-state index in [4.69, 9.17) is 0 Å². The van der Waals surface area contributed by atoms with Crippen LogP contribution in [0.15, 0.2) is 120 Å². The van der Waals surface area contributed by atoms with E-state index in [9.17, 15) is 0 Å². The van der Waals surface area contributed by atoms with E-state index in [2.05, 4.69) is 217 Å². The fourth-order valence-electron chi connectivity index (χ4n) is 8.89. The molecule has 0 atom stereocenters. The molecule has 1 aliphatic carbocycles. The largest absolute Gasteiger partial charge is 0.0617 e. The zero-order chi connectivity index (χ0) is 41.8. The summed E-state index contributed by atoms with van der Waals surface area (Å²) in [7, 11) is 0. The second-order valence-corrected chi connectivity index (χ2v) is 18.7. The smallest absolute Gasteiger partial charge is 0.0491 e. The van der Waals surface area contributed by atoms with Gasteiger partial charge in [0.1, 0.15) is 0 Å². The highest BCUT2D eigenvalue weighted by Crippen LogP contribution is 2.48. The number of allylic oxidation sites excluding steroid dienone is 2. The molecule has 0 aromatic heterocycles. The van der Waals surface area contributed by atoms with Gasteiger partial charge in [0.2, 0.25) is 0 Å². The van der Waals surface area contributed by atoms with E-state index in [-0.39, 0.29) is 10.8 Å². The van der Waals surface area contributed by atoms with E-state index in [0.717, 1.165) is 22.3 Å². The molecule has 58 heavy (non-hydrogen) atoms. The first-order chi connectivity index (χ1) is 27.4. The van der Waals surface area contributed by atoms with Gasteiger partial charge in [0, 0.05) is 33.4 Å². The Bertz CT molecular complexity index is 2510. The van der Waals surface area contributed by atoms with Crippen LogP contribution < -0.4 is 0 Å². The van der Waals surface area contributed by atoms with E-state index < -0.39 is 0 Å². The summed E-state index contributed by atoms with van der Waals surface area (Å²) in [5.41, 5.74) is 39.2. The summed E-state index contributed by atoms with van der Waals surface area (Å²) in [6.45, 7) is 31.5. The lowest BCUT2D eigenvalue weighted by Gasteiger charge is -2.23. The molecule has 0 nitrogen and oxygen atoms in total. The molecule has 0 heteroatoms. The monoisotopic (exact) mass is 754 g/mol. The van der Waals surface area contributed by atoms with Gasteiger partial charge in [-0.1, -0.05) is 149 Å². The molecule has 6 aromatic carbocycles. The fourth-order valence-corrected chi connectivity index (χ4v) is 8.89. The zero-order valence-electron chi connectivity index (χ0n) is 37.2. The van der Waals surface area contributed by atoms with Crippen LogP contribution in [0.2, 0.25) is 0 Å². The van der Waals surface area contributed by atoms with E-state index >= 15 is 0 Å². The van der Waals surface area contributed by atoms with E-state index in [1.54, 1.807) is 0 Å². The van der Waals surface area contributed by atoms with Gasteiger partial charge in [-0.05, 0) is 167 Å². The summed E-state index contributed by atoms with van der Waals surface area (Å²) >= 11 is 0. The number of rotatable bonds is 4. The Morgan fingerprint density at radius 1 is 0.379 bits per heavy atom. The zero-order valence-corrected chi connectivity index (χ0v) is 37.2. The van der Waals surface area contributed by atoms with Crippen LogP contribution in [0.3, 0.4) is 0 Å². The average molecular weight is 755 g/mol. The molecular weight excluding hydrogens is 697 g/mol. The molecule has 6 aromatic rings. The summed E-state index contributed by atoms with van der Waals surface area (Å²) in [5, 5.41) is 2.50. The Balaban J connectivity index is 1.77. The molecule has 0 spiro atoms. The molecule has 0 saturated carbocycles. The molecule has 0 heterocycles. The van der Waals surface area contributed by atoms with Crippen molar-refractivity contribution in [2.45, 2.75) is 108 Å². The predicted octanol–water partition coefficient (Wildman–Crippen LogP) is 15.5. The summed E-state index contributed by atoms with van der Waals surface area (Å²) < 4.78 is 0. The van der Waals surface area contributed by atoms with Gasteiger partial charge in [-0.25, -0.2) is 0 Å². The Morgan fingerprint density at radius 3 is 0.879 bits per heavy atom. The predicted molar refractivity (Wildman–Crippen MR) is 251 cm³/mol. The first-order valence-electron chi connectivity index (χ1n) is 20.8. The minimum absolute atomic E-state index is 0.0605. The molecule has 0 N–H and O–H groups in total. The van der Waals surface area contributed by atoms with Crippen LogP contribution in [-0.2, 0) is 10.8 Å². The second kappa shape index (κ2) is 15.2. The molecular formula is C58H58. The standard InChI is InChI=1S/C58H58/c1-35-19-15-20-36(2)52(35)48(53-37(3)21-16-22-38(53)4)29-27-46-47(28-30-49(54-39(5)23-17-24-40(54)6)55-41(7)25-18-26-42(55)8)51-34-45(58(12,13)14)32-43-31-44(57(9,10)11)33-50(46)56(43)51/h15-26,31-34H,1-14H3. The normalized spacial score (nSPS) is 12.3. The van der Waals surface area contributed by atoms with Crippen molar-refractivity contribution >= 4 is 33.1 Å². The minimum atomic E-state index is -0.0605. The highest BCUT2D eigenvalue weighted by atomic mass is 14.3. The van der Waals surface area contributed by atoms with Crippen molar-refractivity contribution < 1.29 is 0 Å². The van der Waals surface area contributed by atoms with Gasteiger partial charge < -0.3 is 0 Å². The van der Waals surface area contributed by atoms with Gasteiger partial charge in [0.05, 0.1) is 0 Å². The summed E-state index contributed by atoms with van der Waals surface area (Å²) in [6, 6.07) is 35.9. The first kappa shape index (κ1) is 40.4. The molecule has 290 valence electrons. The van der Waals surface area contributed by atoms with Crippen molar-refractivity contribution in [3.8, 4) is 0 Å². The van der Waals surface area contributed by atoms with Gasteiger partial charge in [0.25, 0.3) is 0 Å². The van der Waals surface area contributed by atoms with Crippen molar-refractivity contribution in [3.63, 3.8) is 0 Å². The SMILES string of the molecule is Cc1cccc(C)c1C(=C=C=C1C(=C=C=C(c2c(C)cccc2C)c2c(C)cccc2C)c2cc(C(C)(C)C)cc3cc(C(C)(C)C)cc1c23)c1c(C)cccc1C. The Kier molecular flexibility index (Phi) is 10.6. The number of hydrogen-bond acceptors (Lipinski definition) is 0. The van der Waals surface area contributed by atoms with Crippen LogP contribution >= 0.6 is 0 Å². The third-order valence-corrected chi connectivity index (χ3v) is 12.1. The highest BCUT2D eigenvalue weighted by Gasteiger charge is 2.30. The maximum absolute atomic E-state index is 3.91. The molecule has 0 unspecified atom stereocenters. The lowest BCUT2D eigenvalue weighted by molar-refractivity contribution is 0.589. The van der Waals surface area contributed by atoms with E-state index in [1.807, 2.05) is 0 Å². The van der Waals surface area contributed by atoms with Crippen molar-refractivity contribution in [3.05, 3.63) is 209 Å². The van der Waals surface area contributed by atoms with Crippen LogP contribution in [0.25, 0.3) is 33.1 Å². The van der Waals surface area contributed by atoms with Crippen LogP contribution in [0.5, 0.6) is 0 Å². The fraction of sp³-hybridized carbons (Fsp3) is 0.276. The third kappa shape index (κ3) is 7.39. The first-order valence-corrected chi connectivity index (χ1v) is 20.8. The average Bonchev–Trinajstić information content (AvgIpc) is 3.43. The van der Waals surface area contributed by atoms with Gasteiger partial charge in [0.15, 0.2) is 0 Å². The molecule has 0 bridgehead atoms. The minimum Gasteiger partial charge on any atom is -0.0617 e. The highest BCUT2D eigenvalue weighted by molar-refractivity contribution is 6.22. The second-order valence-electron chi connectivity index (χ2n) is 18.7. The Morgan fingerprint density at radius 2 is 0.638 bits per heavy atom. The van der Waals surface area contributed by atoms with Crippen molar-refractivity contribution in [2.75, 3.05) is 0 Å². The van der Waals surface area contributed by atoms with Crippen LogP contribution in [0.4, 0.5) is 0 Å². The molecule has 1 aliphatic rings. The van der Waals surface area contributed by atoms with Crippen LogP contribution in [0.1, 0.15) is 131 Å². The lowest BCUT2D eigenvalue weighted by atomic mass is 9.81. The van der Waals surface area contributed by atoms with E-state index in [1.165, 1.54) is 99.8 Å².